The van der Waals surface area contributed by atoms with Crippen LogP contribution < -0.4 is 10.6 Å². The summed E-state index contributed by atoms with van der Waals surface area (Å²) in [5, 5.41) is 2.07. The molecule has 5 heteroatoms. The van der Waals surface area contributed by atoms with E-state index in [4.69, 9.17) is 10.7 Å². The smallest absolute Gasteiger partial charge is 0.195 e. The van der Waals surface area contributed by atoms with Gasteiger partial charge in [0.2, 0.25) is 0 Å². The summed E-state index contributed by atoms with van der Waals surface area (Å²) in [7, 11) is 0. The standard InChI is InChI=1S/C14H22N4S/c1-2-17(11-6-4-3-5-7-11)13-12(10-15)18-8-9-19-14(18)16-13/h8-9,11H,2-7,10,15H2,1H3. The van der Waals surface area contributed by atoms with Crippen LogP contribution in [-0.2, 0) is 6.54 Å². The van der Waals surface area contributed by atoms with E-state index in [1.54, 1.807) is 11.3 Å². The van der Waals surface area contributed by atoms with Gasteiger partial charge in [0.1, 0.15) is 0 Å². The van der Waals surface area contributed by atoms with E-state index in [-0.39, 0.29) is 0 Å². The lowest BCUT2D eigenvalue weighted by Gasteiger charge is -2.34. The Labute approximate surface area is 118 Å². The van der Waals surface area contributed by atoms with E-state index in [1.807, 2.05) is 0 Å². The molecule has 3 rings (SSSR count). The summed E-state index contributed by atoms with van der Waals surface area (Å²) in [6.07, 6.45) is 8.75. The maximum atomic E-state index is 5.96. The van der Waals surface area contributed by atoms with Crippen molar-refractivity contribution in [2.75, 3.05) is 11.4 Å². The molecule has 2 aromatic heterocycles. The fourth-order valence-corrected chi connectivity index (χ4v) is 3.94. The number of imidazole rings is 1. The monoisotopic (exact) mass is 278 g/mol. The lowest BCUT2D eigenvalue weighted by Crippen LogP contribution is -2.37. The molecule has 19 heavy (non-hydrogen) atoms. The van der Waals surface area contributed by atoms with Crippen LogP contribution in [0.4, 0.5) is 5.82 Å². The number of thiazole rings is 1. The van der Waals surface area contributed by atoms with Gasteiger partial charge in [-0.3, -0.25) is 4.40 Å². The Hall–Kier alpha value is -1.07. The molecule has 1 fully saturated rings. The van der Waals surface area contributed by atoms with E-state index in [1.165, 1.54) is 32.1 Å². The molecule has 4 nitrogen and oxygen atoms in total. The van der Waals surface area contributed by atoms with Crippen molar-refractivity contribution in [3.63, 3.8) is 0 Å². The molecule has 0 unspecified atom stereocenters. The highest BCUT2D eigenvalue weighted by molar-refractivity contribution is 7.15. The molecular weight excluding hydrogens is 256 g/mol. The summed E-state index contributed by atoms with van der Waals surface area (Å²) in [5.41, 5.74) is 7.12. The number of anilines is 1. The number of rotatable bonds is 4. The Kier molecular flexibility index (Phi) is 3.75. The van der Waals surface area contributed by atoms with Gasteiger partial charge in [-0.15, -0.1) is 11.3 Å². The van der Waals surface area contributed by atoms with E-state index in [9.17, 15) is 0 Å². The number of nitrogens with zero attached hydrogens (tertiary/aromatic N) is 3. The van der Waals surface area contributed by atoms with Crippen molar-refractivity contribution in [3.8, 4) is 0 Å². The molecule has 0 amide bonds. The Balaban J connectivity index is 1.97. The molecule has 1 aliphatic rings. The third-order valence-corrected chi connectivity index (χ3v) is 4.92. The number of aromatic nitrogens is 2. The average molecular weight is 278 g/mol. The fraction of sp³-hybridized carbons (Fsp3) is 0.643. The van der Waals surface area contributed by atoms with E-state index in [0.29, 0.717) is 12.6 Å². The number of hydrogen-bond donors (Lipinski definition) is 1. The highest BCUT2D eigenvalue weighted by Gasteiger charge is 2.25. The van der Waals surface area contributed by atoms with Gasteiger partial charge in [-0.25, -0.2) is 4.98 Å². The predicted octanol–water partition coefficient (Wildman–Crippen LogP) is 3.01. The third-order valence-electron chi connectivity index (χ3n) is 4.16. The van der Waals surface area contributed by atoms with Gasteiger partial charge in [0.05, 0.1) is 5.69 Å². The molecule has 0 atom stereocenters. The normalized spacial score (nSPS) is 17.2. The molecule has 1 saturated carbocycles. The van der Waals surface area contributed by atoms with Gasteiger partial charge in [0, 0.05) is 30.7 Å². The Morgan fingerprint density at radius 3 is 2.89 bits per heavy atom. The SMILES string of the molecule is CCN(c1nc2sccn2c1CN)C1CCCCC1. The first kappa shape index (κ1) is 12.9. The van der Waals surface area contributed by atoms with Crippen molar-refractivity contribution in [1.29, 1.82) is 0 Å². The summed E-state index contributed by atoms with van der Waals surface area (Å²) < 4.78 is 2.14. The van der Waals surface area contributed by atoms with Crippen LogP contribution in [0.1, 0.15) is 44.7 Å². The van der Waals surface area contributed by atoms with Crippen LogP contribution in [0.25, 0.3) is 4.96 Å². The van der Waals surface area contributed by atoms with Gasteiger partial charge in [-0.2, -0.15) is 0 Å². The minimum Gasteiger partial charge on any atom is -0.352 e. The highest BCUT2D eigenvalue weighted by Crippen LogP contribution is 2.30. The molecule has 0 aromatic carbocycles. The summed E-state index contributed by atoms with van der Waals surface area (Å²) in [6, 6.07) is 0.647. The van der Waals surface area contributed by atoms with Crippen LogP contribution >= 0.6 is 11.3 Å². The van der Waals surface area contributed by atoms with Crippen LogP contribution in [0.15, 0.2) is 11.6 Å². The first-order chi connectivity index (χ1) is 9.35. The van der Waals surface area contributed by atoms with Gasteiger partial charge >= 0.3 is 0 Å². The molecule has 0 bridgehead atoms. The van der Waals surface area contributed by atoms with E-state index < -0.39 is 0 Å². The van der Waals surface area contributed by atoms with E-state index >= 15 is 0 Å². The maximum absolute atomic E-state index is 5.96. The minimum absolute atomic E-state index is 0.552. The third kappa shape index (κ3) is 2.25. The van der Waals surface area contributed by atoms with Crippen molar-refractivity contribution in [2.45, 2.75) is 51.6 Å². The summed E-state index contributed by atoms with van der Waals surface area (Å²) >= 11 is 1.68. The second-order valence-corrected chi connectivity index (χ2v) is 6.09. The van der Waals surface area contributed by atoms with Crippen molar-refractivity contribution in [3.05, 3.63) is 17.3 Å². The minimum atomic E-state index is 0.552. The topological polar surface area (TPSA) is 46.6 Å². The number of hydrogen-bond acceptors (Lipinski definition) is 4. The molecular formula is C14H22N4S. The molecule has 0 spiro atoms. The maximum Gasteiger partial charge on any atom is 0.195 e. The molecule has 2 aromatic rings. The van der Waals surface area contributed by atoms with Crippen molar-refractivity contribution < 1.29 is 0 Å². The number of fused-ring (bicyclic) bond motifs is 1. The van der Waals surface area contributed by atoms with Crippen LogP contribution in [0, 0.1) is 0 Å². The molecule has 0 radical (unpaired) electrons. The number of nitrogens with two attached hydrogens (primary N) is 1. The summed E-state index contributed by atoms with van der Waals surface area (Å²) in [6.45, 7) is 3.79. The van der Waals surface area contributed by atoms with E-state index in [0.717, 1.165) is 23.0 Å². The first-order valence-corrected chi connectivity index (χ1v) is 8.14. The van der Waals surface area contributed by atoms with Crippen LogP contribution in [0.2, 0.25) is 0 Å². The second-order valence-electron chi connectivity index (χ2n) is 5.22. The lowest BCUT2D eigenvalue weighted by molar-refractivity contribution is 0.416. The van der Waals surface area contributed by atoms with E-state index in [2.05, 4.69) is 27.8 Å². The molecule has 0 saturated heterocycles. The molecule has 2 heterocycles. The van der Waals surface area contributed by atoms with Crippen LogP contribution in [0.5, 0.6) is 0 Å². The molecule has 1 aliphatic carbocycles. The van der Waals surface area contributed by atoms with Crippen molar-refractivity contribution in [1.82, 2.24) is 9.38 Å². The fourth-order valence-electron chi connectivity index (χ4n) is 3.21. The first-order valence-electron chi connectivity index (χ1n) is 7.26. The zero-order valence-electron chi connectivity index (χ0n) is 11.5. The second kappa shape index (κ2) is 5.51. The van der Waals surface area contributed by atoms with Gasteiger partial charge in [0.15, 0.2) is 10.8 Å². The van der Waals surface area contributed by atoms with Crippen LogP contribution in [0.3, 0.4) is 0 Å². The van der Waals surface area contributed by atoms with Gasteiger partial charge in [0.25, 0.3) is 0 Å². The highest BCUT2D eigenvalue weighted by atomic mass is 32.1. The largest absolute Gasteiger partial charge is 0.352 e. The van der Waals surface area contributed by atoms with Crippen molar-refractivity contribution >= 4 is 22.1 Å². The van der Waals surface area contributed by atoms with Crippen LogP contribution in [-0.4, -0.2) is 22.0 Å². The molecule has 2 N–H and O–H groups in total. The lowest BCUT2D eigenvalue weighted by atomic mass is 9.94. The molecule has 0 aliphatic heterocycles. The van der Waals surface area contributed by atoms with Gasteiger partial charge in [-0.1, -0.05) is 19.3 Å². The summed E-state index contributed by atoms with van der Waals surface area (Å²) in [5.74, 6) is 1.11. The van der Waals surface area contributed by atoms with Gasteiger partial charge < -0.3 is 10.6 Å². The predicted molar refractivity (Wildman–Crippen MR) is 80.9 cm³/mol. The van der Waals surface area contributed by atoms with Crippen molar-refractivity contribution in [2.24, 2.45) is 5.73 Å². The Morgan fingerprint density at radius 1 is 1.42 bits per heavy atom. The zero-order chi connectivity index (χ0) is 13.2. The van der Waals surface area contributed by atoms with Gasteiger partial charge in [-0.05, 0) is 19.8 Å². The summed E-state index contributed by atoms with van der Waals surface area (Å²) in [4.78, 5) is 8.35. The average Bonchev–Trinajstić information content (AvgIpc) is 3.01. The Bertz CT molecular complexity index is 539. The zero-order valence-corrected chi connectivity index (χ0v) is 12.3. The molecule has 104 valence electrons. The Morgan fingerprint density at radius 2 is 2.21 bits per heavy atom. The quantitative estimate of drug-likeness (QED) is 0.935.